The molecule has 0 aliphatic carbocycles. The first-order valence-electron chi connectivity index (χ1n) is 15.1. The van der Waals surface area contributed by atoms with Crippen LogP contribution < -0.4 is 10.5 Å². The number of aliphatic hydroxyl groups is 1. The topological polar surface area (TPSA) is 167 Å². The third-order valence-corrected chi connectivity index (χ3v) is 11.4. The van der Waals surface area contributed by atoms with Gasteiger partial charge < -0.3 is 10.8 Å². The highest BCUT2D eigenvalue weighted by molar-refractivity contribution is 7.89. The fourth-order valence-corrected chi connectivity index (χ4v) is 8.66. The Morgan fingerprint density at radius 3 is 2.13 bits per heavy atom. The maximum absolute atomic E-state index is 13.7. The van der Waals surface area contributed by atoms with Gasteiger partial charge in [-0.05, 0) is 65.1 Å². The summed E-state index contributed by atoms with van der Waals surface area (Å²) in [4.78, 5) is 0.528. The highest BCUT2D eigenvalue weighted by Gasteiger charge is 2.30. The first-order valence-corrected chi connectivity index (χ1v) is 19.3. The van der Waals surface area contributed by atoms with Crippen LogP contribution in [-0.2, 0) is 37.5 Å². The number of benzene rings is 4. The average Bonchev–Trinajstić information content (AvgIpc) is 3.02. The van der Waals surface area contributed by atoms with Crippen molar-refractivity contribution in [1.82, 2.24) is 9.03 Å². The van der Waals surface area contributed by atoms with Crippen LogP contribution in [0.1, 0.15) is 19.4 Å². The van der Waals surface area contributed by atoms with Crippen LogP contribution in [-0.4, -0.2) is 66.0 Å². The van der Waals surface area contributed by atoms with Gasteiger partial charge in [-0.2, -0.15) is 17.4 Å². The maximum atomic E-state index is 13.7. The van der Waals surface area contributed by atoms with E-state index < -0.39 is 49.2 Å². The van der Waals surface area contributed by atoms with E-state index in [0.29, 0.717) is 17.0 Å². The van der Waals surface area contributed by atoms with Gasteiger partial charge in [-0.15, -0.1) is 0 Å². The summed E-state index contributed by atoms with van der Waals surface area (Å²) in [7, 11) is -10.4. The first kappa shape index (κ1) is 36.4. The summed E-state index contributed by atoms with van der Waals surface area (Å²) in [6, 6.07) is 26.9. The molecule has 0 fully saturated rings. The molecular weight excluding hydrogens is 659 g/mol. The number of aliphatic hydroxyl groups excluding tert-OH is 1. The molecule has 0 bridgehead atoms. The number of nitrogens with two attached hydrogens (primary N) is 1. The highest BCUT2D eigenvalue weighted by Crippen LogP contribution is 2.23. The maximum Gasteiger partial charge on any atom is 0.333 e. The molecule has 0 saturated heterocycles. The third-order valence-electron chi connectivity index (χ3n) is 7.49. The van der Waals surface area contributed by atoms with Gasteiger partial charge in [-0.25, -0.2) is 8.42 Å². The van der Waals surface area contributed by atoms with E-state index in [1.165, 1.54) is 34.6 Å². The molecule has 0 aliphatic heterocycles. The zero-order valence-corrected chi connectivity index (χ0v) is 28.7. The van der Waals surface area contributed by atoms with Gasteiger partial charge in [0.15, 0.2) is 0 Å². The smallest absolute Gasteiger partial charge is 0.333 e. The van der Waals surface area contributed by atoms with Crippen molar-refractivity contribution in [2.24, 2.45) is 11.8 Å². The Morgan fingerprint density at radius 2 is 1.49 bits per heavy atom. The van der Waals surface area contributed by atoms with Crippen molar-refractivity contribution in [2.75, 3.05) is 24.6 Å². The monoisotopic (exact) mass is 699 g/mol. The lowest BCUT2D eigenvalue weighted by atomic mass is 9.92. The van der Waals surface area contributed by atoms with E-state index in [1.54, 1.807) is 18.2 Å². The Bertz CT molecular complexity index is 1900. The van der Waals surface area contributed by atoms with Crippen LogP contribution in [0.5, 0.6) is 0 Å². The molecule has 252 valence electrons. The van der Waals surface area contributed by atoms with E-state index in [4.69, 9.17) is 5.73 Å². The molecule has 0 spiro atoms. The summed E-state index contributed by atoms with van der Waals surface area (Å²) in [6.45, 7) is 3.65. The summed E-state index contributed by atoms with van der Waals surface area (Å²) in [5, 5.41) is 13.4. The standard InChI is InChI=1S/C34H41N3O7S3/c1-25(2)22-37(46(40,41)33-18-14-30(35)15-19-33)23-34(38)29(20-26-8-4-3-5-9-26)12-16-31(36-47(42,43)44)24-45(39)32-17-13-27-10-6-7-11-28(27)21-32/h3-19,21,25,29,31,34,36,38H,20,22-24,35H2,1-2H3,(H,42,43,44)/b16-12+. The quantitative estimate of drug-likeness (QED) is 0.0758. The Kier molecular flexibility index (Phi) is 12.5. The minimum atomic E-state index is -4.69. The molecule has 0 aromatic heterocycles. The fourth-order valence-electron chi connectivity index (χ4n) is 5.19. The lowest BCUT2D eigenvalue weighted by molar-refractivity contribution is 0.103. The Labute approximate surface area is 279 Å². The SMILES string of the molecule is CC(C)CN(CC(O)C(/C=C/C(CS(=O)c1ccc2ccccc2c1)NS(=O)(=O)O)Cc1ccccc1)S(=O)(=O)c1ccc(N)cc1. The summed E-state index contributed by atoms with van der Waals surface area (Å²) in [5.74, 6) is -0.941. The van der Waals surface area contributed by atoms with Gasteiger partial charge in [0, 0.05) is 35.3 Å². The van der Waals surface area contributed by atoms with Crippen LogP contribution in [0.25, 0.3) is 10.8 Å². The predicted octanol–water partition coefficient (Wildman–Crippen LogP) is 4.41. The molecule has 4 aromatic carbocycles. The van der Waals surface area contributed by atoms with Gasteiger partial charge in [0.25, 0.3) is 0 Å². The Hall–Kier alpha value is -3.43. The Balaban J connectivity index is 1.63. The second-order valence-corrected chi connectivity index (χ2v) is 16.4. The molecule has 0 radical (unpaired) electrons. The summed E-state index contributed by atoms with van der Waals surface area (Å²) < 4.78 is 77.5. The molecule has 4 aromatic rings. The normalized spacial score (nSPS) is 15.3. The molecule has 4 rings (SSSR count). The number of rotatable bonds is 16. The fraction of sp³-hybridized carbons (Fsp3) is 0.294. The zero-order valence-electron chi connectivity index (χ0n) is 26.2. The highest BCUT2D eigenvalue weighted by atomic mass is 32.2. The van der Waals surface area contributed by atoms with Crippen molar-refractivity contribution in [3.8, 4) is 0 Å². The van der Waals surface area contributed by atoms with E-state index in [1.807, 2.05) is 74.5 Å². The van der Waals surface area contributed by atoms with E-state index >= 15 is 0 Å². The van der Waals surface area contributed by atoms with Crippen LogP contribution in [0.4, 0.5) is 5.69 Å². The van der Waals surface area contributed by atoms with Crippen LogP contribution >= 0.6 is 0 Å². The molecule has 4 unspecified atom stereocenters. The molecule has 4 atom stereocenters. The van der Waals surface area contributed by atoms with Crippen molar-refractivity contribution in [3.63, 3.8) is 0 Å². The molecule has 0 aliphatic rings. The summed E-state index contributed by atoms with van der Waals surface area (Å²) in [5.41, 5.74) is 7.05. The van der Waals surface area contributed by atoms with Crippen LogP contribution in [0, 0.1) is 11.8 Å². The second-order valence-electron chi connectivity index (χ2n) is 11.8. The van der Waals surface area contributed by atoms with Crippen molar-refractivity contribution in [1.29, 1.82) is 0 Å². The first-order chi connectivity index (χ1) is 22.2. The van der Waals surface area contributed by atoms with Gasteiger partial charge in [0.1, 0.15) is 0 Å². The number of hydrogen-bond acceptors (Lipinski definition) is 7. The van der Waals surface area contributed by atoms with Gasteiger partial charge in [0.2, 0.25) is 10.0 Å². The molecule has 0 saturated carbocycles. The molecule has 13 heteroatoms. The van der Waals surface area contributed by atoms with E-state index in [2.05, 4.69) is 4.72 Å². The third kappa shape index (κ3) is 10.8. The van der Waals surface area contributed by atoms with Gasteiger partial charge in [-0.3, -0.25) is 8.76 Å². The minimum absolute atomic E-state index is 0.0447. The number of nitrogens with one attached hydrogen (secondary N) is 1. The van der Waals surface area contributed by atoms with Crippen molar-refractivity contribution in [2.45, 2.75) is 42.2 Å². The number of fused-ring (bicyclic) bond motifs is 1. The summed E-state index contributed by atoms with van der Waals surface area (Å²) >= 11 is 0. The minimum Gasteiger partial charge on any atom is -0.399 e. The number of nitrogens with zero attached hydrogens (tertiary/aromatic N) is 1. The molecule has 5 N–H and O–H groups in total. The number of hydrogen-bond donors (Lipinski definition) is 4. The molecule has 0 heterocycles. The lowest BCUT2D eigenvalue weighted by Gasteiger charge is -2.29. The molecule has 10 nitrogen and oxygen atoms in total. The van der Waals surface area contributed by atoms with E-state index in [9.17, 15) is 30.7 Å². The number of anilines is 1. The second kappa shape index (κ2) is 16.1. The average molecular weight is 700 g/mol. The largest absolute Gasteiger partial charge is 0.399 e. The van der Waals surface area contributed by atoms with Crippen molar-refractivity contribution in [3.05, 3.63) is 115 Å². The predicted molar refractivity (Wildman–Crippen MR) is 187 cm³/mol. The lowest BCUT2D eigenvalue weighted by Crippen LogP contribution is -2.42. The van der Waals surface area contributed by atoms with E-state index in [-0.39, 0.29) is 29.7 Å². The van der Waals surface area contributed by atoms with Crippen LogP contribution in [0.3, 0.4) is 0 Å². The molecule has 0 amide bonds. The van der Waals surface area contributed by atoms with Crippen molar-refractivity contribution < 1.29 is 30.7 Å². The van der Waals surface area contributed by atoms with Gasteiger partial charge >= 0.3 is 10.3 Å². The zero-order chi connectivity index (χ0) is 34.2. The number of nitrogen functional groups attached to an aromatic ring is 1. The van der Waals surface area contributed by atoms with Crippen LogP contribution in [0.2, 0.25) is 0 Å². The number of sulfonamides is 1. The summed E-state index contributed by atoms with van der Waals surface area (Å²) in [6.07, 6.45) is 2.11. The van der Waals surface area contributed by atoms with Gasteiger partial charge in [0.05, 0.1) is 27.8 Å². The van der Waals surface area contributed by atoms with Crippen LogP contribution in [0.15, 0.2) is 119 Å². The molecule has 47 heavy (non-hydrogen) atoms. The Morgan fingerprint density at radius 1 is 0.851 bits per heavy atom. The van der Waals surface area contributed by atoms with Gasteiger partial charge in [-0.1, -0.05) is 86.7 Å². The van der Waals surface area contributed by atoms with E-state index in [0.717, 1.165) is 16.3 Å². The van der Waals surface area contributed by atoms with Crippen molar-refractivity contribution >= 4 is 47.6 Å². The molecular formula is C34H41N3O7S3.